The molecule has 0 aliphatic heterocycles. The first-order chi connectivity index (χ1) is 12.5. The predicted molar refractivity (Wildman–Crippen MR) is 96.0 cm³/mol. The largest absolute Gasteiger partial charge is 0.489 e. The summed E-state index contributed by atoms with van der Waals surface area (Å²) >= 11 is 0. The number of hydrogen-bond acceptors (Lipinski definition) is 6. The standard InChI is InChI=1S/C17H16N6O3/c1-8(2)26-13-4-11-9(5-21-23-11)3-12(13)22-16-14-10(17(24)25)6-18-15(14)19-7-20-16/h3-8H,1-2H3,(H,21,23)(H,24,25)(H2,18,19,20,22). The lowest BCUT2D eigenvalue weighted by molar-refractivity contribution is 0.0699. The maximum Gasteiger partial charge on any atom is 0.338 e. The Bertz CT molecular complexity index is 1110. The minimum absolute atomic E-state index is 0.0387. The first kappa shape index (κ1) is 15.9. The van der Waals surface area contributed by atoms with Gasteiger partial charge < -0.3 is 20.1 Å². The van der Waals surface area contributed by atoms with E-state index in [2.05, 4.69) is 30.5 Å². The van der Waals surface area contributed by atoms with Crippen molar-refractivity contribution < 1.29 is 14.6 Å². The Labute approximate surface area is 147 Å². The van der Waals surface area contributed by atoms with Gasteiger partial charge in [0.25, 0.3) is 0 Å². The Hall–Kier alpha value is -3.62. The van der Waals surface area contributed by atoms with Crippen molar-refractivity contribution in [3.8, 4) is 5.75 Å². The third-order valence-electron chi connectivity index (χ3n) is 3.86. The summed E-state index contributed by atoms with van der Waals surface area (Å²) < 4.78 is 5.89. The molecule has 0 fully saturated rings. The summed E-state index contributed by atoms with van der Waals surface area (Å²) in [6, 6.07) is 3.72. The molecular formula is C17H16N6O3. The van der Waals surface area contributed by atoms with E-state index in [0.717, 1.165) is 10.9 Å². The highest BCUT2D eigenvalue weighted by atomic mass is 16.5. The van der Waals surface area contributed by atoms with E-state index in [1.165, 1.54) is 12.5 Å². The van der Waals surface area contributed by atoms with Gasteiger partial charge >= 0.3 is 5.97 Å². The fraction of sp³-hybridized carbons (Fsp3) is 0.176. The predicted octanol–water partition coefficient (Wildman–Crippen LogP) is 3.06. The summed E-state index contributed by atoms with van der Waals surface area (Å²) in [6.45, 7) is 3.86. The van der Waals surface area contributed by atoms with Crippen molar-refractivity contribution >= 4 is 39.4 Å². The van der Waals surface area contributed by atoms with Crippen molar-refractivity contribution in [3.63, 3.8) is 0 Å². The van der Waals surface area contributed by atoms with Gasteiger partial charge in [0, 0.05) is 17.6 Å². The molecule has 26 heavy (non-hydrogen) atoms. The molecule has 0 aliphatic rings. The minimum atomic E-state index is -1.06. The summed E-state index contributed by atoms with van der Waals surface area (Å²) in [5.74, 6) is -0.0703. The Balaban J connectivity index is 1.85. The van der Waals surface area contributed by atoms with Crippen LogP contribution in [-0.2, 0) is 0 Å². The van der Waals surface area contributed by atoms with Crippen LogP contribution in [0.1, 0.15) is 24.2 Å². The number of ether oxygens (including phenoxy) is 1. The van der Waals surface area contributed by atoms with Crippen LogP contribution in [0.3, 0.4) is 0 Å². The number of aromatic carboxylic acids is 1. The van der Waals surface area contributed by atoms with Gasteiger partial charge in [-0.1, -0.05) is 0 Å². The molecule has 3 aromatic heterocycles. The van der Waals surface area contributed by atoms with Crippen LogP contribution in [-0.4, -0.2) is 42.3 Å². The highest BCUT2D eigenvalue weighted by Crippen LogP contribution is 2.34. The van der Waals surface area contributed by atoms with Crippen LogP contribution in [0.2, 0.25) is 0 Å². The van der Waals surface area contributed by atoms with E-state index in [4.69, 9.17) is 4.74 Å². The summed E-state index contributed by atoms with van der Waals surface area (Å²) in [6.07, 6.45) is 4.43. The van der Waals surface area contributed by atoms with Crippen LogP contribution in [0, 0.1) is 0 Å². The first-order valence-electron chi connectivity index (χ1n) is 7.99. The zero-order valence-electron chi connectivity index (χ0n) is 14.1. The van der Waals surface area contributed by atoms with Crippen molar-refractivity contribution in [3.05, 3.63) is 36.4 Å². The van der Waals surface area contributed by atoms with Gasteiger partial charge in [-0.05, 0) is 19.9 Å². The second-order valence-corrected chi connectivity index (χ2v) is 6.05. The van der Waals surface area contributed by atoms with Gasteiger partial charge in [0.2, 0.25) is 0 Å². The lowest BCUT2D eigenvalue weighted by atomic mass is 10.2. The molecule has 0 spiro atoms. The lowest BCUT2D eigenvalue weighted by Gasteiger charge is -2.16. The van der Waals surface area contributed by atoms with Crippen LogP contribution in [0.4, 0.5) is 11.5 Å². The summed E-state index contributed by atoms with van der Waals surface area (Å²) in [4.78, 5) is 22.6. The molecule has 9 nitrogen and oxygen atoms in total. The smallest absolute Gasteiger partial charge is 0.338 e. The van der Waals surface area contributed by atoms with E-state index < -0.39 is 5.97 Å². The van der Waals surface area contributed by atoms with Gasteiger partial charge in [-0.3, -0.25) is 5.10 Å². The quantitative estimate of drug-likeness (QED) is 0.434. The van der Waals surface area contributed by atoms with Crippen LogP contribution in [0.25, 0.3) is 21.9 Å². The van der Waals surface area contributed by atoms with Crippen molar-refractivity contribution in [1.82, 2.24) is 25.1 Å². The number of aromatic nitrogens is 5. The molecule has 4 rings (SSSR count). The Morgan fingerprint density at radius 3 is 2.92 bits per heavy atom. The van der Waals surface area contributed by atoms with Crippen LogP contribution in [0.15, 0.2) is 30.9 Å². The normalized spacial score (nSPS) is 11.3. The number of nitrogens with zero attached hydrogens (tertiary/aromatic N) is 3. The molecule has 3 heterocycles. The number of rotatable bonds is 5. The summed E-state index contributed by atoms with van der Waals surface area (Å²) in [5, 5.41) is 20.8. The highest BCUT2D eigenvalue weighted by molar-refractivity contribution is 6.07. The number of carboxylic acid groups (broad SMARTS) is 1. The first-order valence-corrected chi connectivity index (χ1v) is 7.99. The number of carbonyl (C=O) groups is 1. The molecule has 0 unspecified atom stereocenters. The van der Waals surface area contributed by atoms with Gasteiger partial charge in [0.05, 0.1) is 34.5 Å². The van der Waals surface area contributed by atoms with E-state index in [1.54, 1.807) is 6.20 Å². The topological polar surface area (TPSA) is 129 Å². The van der Waals surface area contributed by atoms with Gasteiger partial charge in [-0.25, -0.2) is 14.8 Å². The van der Waals surface area contributed by atoms with E-state index >= 15 is 0 Å². The number of aromatic amines is 2. The third kappa shape index (κ3) is 2.69. The Kier molecular flexibility index (Phi) is 3.68. The van der Waals surface area contributed by atoms with Gasteiger partial charge in [0.15, 0.2) is 0 Å². The molecule has 0 atom stereocenters. The number of nitrogens with one attached hydrogen (secondary N) is 3. The molecule has 0 radical (unpaired) electrons. The Morgan fingerprint density at radius 1 is 1.31 bits per heavy atom. The van der Waals surface area contributed by atoms with E-state index in [1.807, 2.05) is 26.0 Å². The van der Waals surface area contributed by atoms with Crippen LogP contribution < -0.4 is 10.1 Å². The molecule has 0 amide bonds. The zero-order chi connectivity index (χ0) is 18.3. The second-order valence-electron chi connectivity index (χ2n) is 6.05. The SMILES string of the molecule is CC(C)Oc1cc2[nH]ncc2cc1Nc1ncnc2[nH]cc(C(=O)O)c12. The molecule has 0 saturated heterocycles. The summed E-state index contributed by atoms with van der Waals surface area (Å²) in [7, 11) is 0. The van der Waals surface area contributed by atoms with Crippen molar-refractivity contribution in [1.29, 1.82) is 0 Å². The van der Waals surface area contributed by atoms with E-state index in [9.17, 15) is 9.90 Å². The molecule has 1 aromatic carbocycles. The van der Waals surface area contributed by atoms with Crippen molar-refractivity contribution in [2.45, 2.75) is 20.0 Å². The van der Waals surface area contributed by atoms with Gasteiger partial charge in [-0.2, -0.15) is 5.10 Å². The number of H-pyrrole nitrogens is 2. The number of fused-ring (bicyclic) bond motifs is 2. The average Bonchev–Trinajstić information content (AvgIpc) is 3.21. The molecule has 0 bridgehead atoms. The average molecular weight is 352 g/mol. The van der Waals surface area contributed by atoms with E-state index in [0.29, 0.717) is 28.3 Å². The fourth-order valence-electron chi connectivity index (χ4n) is 2.77. The number of hydrogen-bond donors (Lipinski definition) is 4. The highest BCUT2D eigenvalue weighted by Gasteiger charge is 2.18. The number of carboxylic acids is 1. The third-order valence-corrected chi connectivity index (χ3v) is 3.86. The molecule has 9 heteroatoms. The Morgan fingerprint density at radius 2 is 2.15 bits per heavy atom. The lowest BCUT2D eigenvalue weighted by Crippen LogP contribution is -2.08. The molecule has 4 aromatic rings. The van der Waals surface area contributed by atoms with Gasteiger partial charge in [-0.15, -0.1) is 0 Å². The molecule has 4 N–H and O–H groups in total. The maximum atomic E-state index is 11.5. The van der Waals surface area contributed by atoms with Crippen LogP contribution in [0.5, 0.6) is 5.75 Å². The zero-order valence-corrected chi connectivity index (χ0v) is 14.1. The monoisotopic (exact) mass is 352 g/mol. The van der Waals surface area contributed by atoms with Crippen LogP contribution >= 0.6 is 0 Å². The number of benzene rings is 1. The van der Waals surface area contributed by atoms with Gasteiger partial charge in [0.1, 0.15) is 23.5 Å². The molecule has 0 saturated carbocycles. The van der Waals surface area contributed by atoms with Crippen molar-refractivity contribution in [2.24, 2.45) is 0 Å². The van der Waals surface area contributed by atoms with Crippen molar-refractivity contribution in [2.75, 3.05) is 5.32 Å². The minimum Gasteiger partial charge on any atom is -0.489 e. The molecule has 0 aliphatic carbocycles. The number of anilines is 2. The van der Waals surface area contributed by atoms with E-state index in [-0.39, 0.29) is 11.7 Å². The maximum absolute atomic E-state index is 11.5. The molecule has 132 valence electrons. The molecular weight excluding hydrogens is 336 g/mol. The summed E-state index contributed by atoms with van der Waals surface area (Å²) in [5.41, 5.74) is 2.03. The fourth-order valence-corrected chi connectivity index (χ4v) is 2.77. The second kappa shape index (κ2) is 6.03.